The number of hydrogen-bond acceptors (Lipinski definition) is 6. The van der Waals surface area contributed by atoms with Gasteiger partial charge in [-0.2, -0.15) is 18.2 Å². The Labute approximate surface area is 247 Å². The Morgan fingerprint density at radius 1 is 1.00 bits per heavy atom. The summed E-state index contributed by atoms with van der Waals surface area (Å²) in [6.45, 7) is 4.74. The number of aryl methyl sites for hydroxylation is 2. The van der Waals surface area contributed by atoms with Gasteiger partial charge >= 0.3 is 12.2 Å². The van der Waals surface area contributed by atoms with Gasteiger partial charge in [-0.3, -0.25) is 9.69 Å². The van der Waals surface area contributed by atoms with Crippen LogP contribution in [0.1, 0.15) is 27.8 Å². The van der Waals surface area contributed by atoms with Gasteiger partial charge < -0.3 is 15.5 Å². The molecular formula is C32H31F3N6O2. The number of hydrogen-bond donors (Lipinski definition) is 2. The number of nitrogens with one attached hydrogen (secondary N) is 2. The van der Waals surface area contributed by atoms with Crippen LogP contribution in [0.15, 0.2) is 72.9 Å². The van der Waals surface area contributed by atoms with E-state index in [0.29, 0.717) is 36.0 Å². The van der Waals surface area contributed by atoms with Gasteiger partial charge in [-0.25, -0.2) is 9.78 Å². The molecule has 0 bridgehead atoms. The van der Waals surface area contributed by atoms with Crippen molar-refractivity contribution in [3.8, 4) is 0 Å². The number of halogens is 3. The Morgan fingerprint density at radius 3 is 2.44 bits per heavy atom. The number of rotatable bonds is 9. The minimum absolute atomic E-state index is 0.0726. The number of carbonyl (C=O) groups is 2. The molecule has 0 unspecified atom stereocenters. The van der Waals surface area contributed by atoms with E-state index in [2.05, 4.69) is 20.6 Å². The van der Waals surface area contributed by atoms with Gasteiger partial charge in [-0.05, 0) is 73.0 Å². The maximum atomic E-state index is 13.2. The Kier molecular flexibility index (Phi) is 8.33. The standard InChI is InChI=1S/C32H31F3N6O2/c1-20-14-23(16-24(15-20)32(33,34)35)18-27(42)17-22-5-8-26(9-6-22)40(3)29-10-11-36-30(39-29)38-25-7-4-21(2)28(19-25)41-13-12-37-31(41)43/h4-11,14-16,19H,12-13,17-18H2,1-3H3,(H,37,43)(H,36,38,39). The van der Waals surface area contributed by atoms with Gasteiger partial charge in [0.1, 0.15) is 11.6 Å². The summed E-state index contributed by atoms with van der Waals surface area (Å²) in [5, 5.41) is 6.03. The van der Waals surface area contributed by atoms with Crippen molar-refractivity contribution in [2.75, 3.05) is 35.3 Å². The van der Waals surface area contributed by atoms with Gasteiger partial charge in [-0.1, -0.05) is 29.8 Å². The third kappa shape index (κ3) is 7.11. The second-order valence-corrected chi connectivity index (χ2v) is 10.6. The maximum absolute atomic E-state index is 13.2. The zero-order valence-corrected chi connectivity index (χ0v) is 24.0. The summed E-state index contributed by atoms with van der Waals surface area (Å²) in [6, 6.07) is 18.5. The molecule has 5 rings (SSSR count). The van der Waals surface area contributed by atoms with E-state index in [1.165, 1.54) is 0 Å². The van der Waals surface area contributed by atoms with Gasteiger partial charge in [0.05, 0.1) is 11.3 Å². The molecule has 3 aromatic carbocycles. The van der Waals surface area contributed by atoms with Crippen molar-refractivity contribution in [3.05, 3.63) is 101 Å². The molecule has 0 aliphatic carbocycles. The molecule has 2 N–H and O–H groups in total. The highest BCUT2D eigenvalue weighted by Gasteiger charge is 2.31. The number of Topliss-reactive ketones (excluding diaryl/α,β-unsaturated/α-hetero) is 1. The molecule has 1 fully saturated rings. The molecule has 1 aromatic heterocycles. The van der Waals surface area contributed by atoms with Crippen LogP contribution >= 0.6 is 0 Å². The first kappa shape index (κ1) is 29.6. The predicted octanol–water partition coefficient (Wildman–Crippen LogP) is 6.51. The number of alkyl halides is 3. The van der Waals surface area contributed by atoms with Crippen molar-refractivity contribution in [2.45, 2.75) is 32.9 Å². The summed E-state index contributed by atoms with van der Waals surface area (Å²) < 4.78 is 39.5. The minimum atomic E-state index is -4.46. The molecule has 4 aromatic rings. The van der Waals surface area contributed by atoms with Crippen molar-refractivity contribution in [1.29, 1.82) is 0 Å². The van der Waals surface area contributed by atoms with Crippen LogP contribution < -0.4 is 20.4 Å². The number of nitrogens with zero attached hydrogens (tertiary/aromatic N) is 4. The fraction of sp³-hybridized carbons (Fsp3) is 0.250. The summed E-state index contributed by atoms with van der Waals surface area (Å²) in [6.07, 6.45) is -2.77. The van der Waals surface area contributed by atoms with Crippen LogP contribution in [-0.2, 0) is 23.8 Å². The zero-order valence-electron chi connectivity index (χ0n) is 24.0. The van der Waals surface area contributed by atoms with Crippen molar-refractivity contribution in [2.24, 2.45) is 0 Å². The summed E-state index contributed by atoms with van der Waals surface area (Å²) in [4.78, 5) is 37.4. The molecule has 2 amide bonds. The van der Waals surface area contributed by atoms with E-state index in [1.54, 1.807) is 30.2 Å². The van der Waals surface area contributed by atoms with E-state index >= 15 is 0 Å². The topological polar surface area (TPSA) is 90.5 Å². The number of urea groups is 1. The summed E-state index contributed by atoms with van der Waals surface area (Å²) in [7, 11) is 1.86. The molecular weight excluding hydrogens is 557 g/mol. The van der Waals surface area contributed by atoms with Crippen LogP contribution in [0.4, 0.5) is 46.8 Å². The Bertz CT molecular complexity index is 1660. The SMILES string of the molecule is Cc1cc(CC(=O)Cc2ccc(N(C)c3ccnc(Nc4ccc(C)c(N5CCNC5=O)c4)n3)cc2)cc(C(F)(F)F)c1. The maximum Gasteiger partial charge on any atom is 0.416 e. The molecule has 222 valence electrons. The highest BCUT2D eigenvalue weighted by Crippen LogP contribution is 2.31. The largest absolute Gasteiger partial charge is 0.416 e. The molecule has 8 nitrogen and oxygen atoms in total. The van der Waals surface area contributed by atoms with Crippen LogP contribution in [0, 0.1) is 13.8 Å². The molecule has 0 atom stereocenters. The van der Waals surface area contributed by atoms with E-state index in [4.69, 9.17) is 0 Å². The number of benzene rings is 3. The first-order valence-corrected chi connectivity index (χ1v) is 13.7. The second-order valence-electron chi connectivity index (χ2n) is 10.6. The highest BCUT2D eigenvalue weighted by molar-refractivity contribution is 5.95. The van der Waals surface area contributed by atoms with Crippen LogP contribution in [0.3, 0.4) is 0 Å². The summed E-state index contributed by atoms with van der Waals surface area (Å²) in [5.41, 5.74) is 4.20. The fourth-order valence-electron chi connectivity index (χ4n) is 5.02. The summed E-state index contributed by atoms with van der Waals surface area (Å²) in [5.74, 6) is 0.848. The average Bonchev–Trinajstić information content (AvgIpc) is 3.39. The van der Waals surface area contributed by atoms with E-state index in [9.17, 15) is 22.8 Å². The van der Waals surface area contributed by atoms with Crippen LogP contribution in [-0.4, -0.2) is 41.9 Å². The highest BCUT2D eigenvalue weighted by atomic mass is 19.4. The van der Waals surface area contributed by atoms with Crippen LogP contribution in [0.25, 0.3) is 0 Å². The van der Waals surface area contributed by atoms with Crippen molar-refractivity contribution < 1.29 is 22.8 Å². The lowest BCUT2D eigenvalue weighted by molar-refractivity contribution is -0.137. The van der Waals surface area contributed by atoms with Gasteiger partial charge in [0.15, 0.2) is 0 Å². The molecule has 0 spiro atoms. The fourth-order valence-corrected chi connectivity index (χ4v) is 5.02. The lowest BCUT2D eigenvalue weighted by Crippen LogP contribution is -2.28. The van der Waals surface area contributed by atoms with E-state index in [0.717, 1.165) is 40.3 Å². The molecule has 1 aliphatic heterocycles. The number of carbonyl (C=O) groups excluding carboxylic acids is 2. The molecule has 1 aliphatic rings. The summed E-state index contributed by atoms with van der Waals surface area (Å²) >= 11 is 0. The van der Waals surface area contributed by atoms with Gasteiger partial charge in [0.25, 0.3) is 0 Å². The van der Waals surface area contributed by atoms with Crippen molar-refractivity contribution >= 4 is 40.6 Å². The van der Waals surface area contributed by atoms with Crippen LogP contribution in [0.2, 0.25) is 0 Å². The van der Waals surface area contributed by atoms with E-state index in [-0.39, 0.29) is 24.7 Å². The zero-order chi connectivity index (χ0) is 30.7. The lowest BCUT2D eigenvalue weighted by Gasteiger charge is -2.20. The van der Waals surface area contributed by atoms with E-state index in [1.807, 2.05) is 61.3 Å². The molecule has 2 heterocycles. The second kappa shape index (κ2) is 12.1. The first-order valence-electron chi connectivity index (χ1n) is 13.7. The number of amides is 2. The third-order valence-corrected chi connectivity index (χ3v) is 7.19. The lowest BCUT2D eigenvalue weighted by atomic mass is 9.99. The third-order valence-electron chi connectivity index (χ3n) is 7.19. The Morgan fingerprint density at radius 2 is 1.74 bits per heavy atom. The van der Waals surface area contributed by atoms with Crippen molar-refractivity contribution in [1.82, 2.24) is 15.3 Å². The van der Waals surface area contributed by atoms with Gasteiger partial charge in [0, 0.05) is 50.6 Å². The minimum Gasteiger partial charge on any atom is -0.336 e. The number of aromatic nitrogens is 2. The molecule has 1 saturated heterocycles. The van der Waals surface area contributed by atoms with Gasteiger partial charge in [0.2, 0.25) is 5.95 Å². The molecule has 43 heavy (non-hydrogen) atoms. The van der Waals surface area contributed by atoms with Crippen molar-refractivity contribution in [3.63, 3.8) is 0 Å². The Balaban J connectivity index is 1.23. The molecule has 11 heteroatoms. The monoisotopic (exact) mass is 588 g/mol. The van der Waals surface area contributed by atoms with E-state index < -0.39 is 11.7 Å². The Hall–Kier alpha value is -4.93. The van der Waals surface area contributed by atoms with Gasteiger partial charge in [-0.15, -0.1) is 0 Å². The number of anilines is 5. The molecule has 0 radical (unpaired) electrons. The quantitative estimate of drug-likeness (QED) is 0.232. The first-order chi connectivity index (χ1) is 20.5. The average molecular weight is 589 g/mol. The van der Waals surface area contributed by atoms with Crippen LogP contribution in [0.5, 0.6) is 0 Å². The smallest absolute Gasteiger partial charge is 0.336 e. The predicted molar refractivity (Wildman–Crippen MR) is 160 cm³/mol. The number of ketones is 1. The molecule has 0 saturated carbocycles. The normalized spacial score (nSPS) is 13.2.